The maximum Gasteiger partial charge on any atom is 0.165 e. The molecule has 0 radical (unpaired) electrons. The molecular formula is C11H13FO2. The quantitative estimate of drug-likeness (QED) is 0.737. The molecule has 1 aliphatic rings. The molecule has 0 bridgehead atoms. The Hall–Kier alpha value is -1.09. The van der Waals surface area contributed by atoms with Crippen molar-refractivity contribution in [3.63, 3.8) is 0 Å². The summed E-state index contributed by atoms with van der Waals surface area (Å²) in [6.07, 6.45) is 0. The molecule has 0 amide bonds. The van der Waals surface area contributed by atoms with Gasteiger partial charge in [-0.1, -0.05) is 6.07 Å². The molecule has 1 heterocycles. The van der Waals surface area contributed by atoms with Crippen molar-refractivity contribution >= 4 is 0 Å². The van der Waals surface area contributed by atoms with Gasteiger partial charge in [-0.2, -0.15) is 0 Å². The lowest BCUT2D eigenvalue weighted by Gasteiger charge is -2.25. The fourth-order valence-corrected chi connectivity index (χ4v) is 1.31. The number of ether oxygens (including phenoxy) is 2. The van der Waals surface area contributed by atoms with Crippen molar-refractivity contribution in [1.82, 2.24) is 0 Å². The van der Waals surface area contributed by atoms with Gasteiger partial charge in [0.05, 0.1) is 19.8 Å². The Bertz CT molecular complexity index is 321. The highest BCUT2D eigenvalue weighted by molar-refractivity contribution is 5.29. The van der Waals surface area contributed by atoms with Gasteiger partial charge in [0.1, 0.15) is 0 Å². The molecule has 0 atom stereocenters. The normalized spacial score (nSPS) is 16.4. The summed E-state index contributed by atoms with van der Waals surface area (Å²) in [6, 6.07) is 4.88. The Morgan fingerprint density at radius 3 is 2.93 bits per heavy atom. The van der Waals surface area contributed by atoms with Crippen LogP contribution in [0.4, 0.5) is 4.39 Å². The van der Waals surface area contributed by atoms with Gasteiger partial charge >= 0.3 is 0 Å². The van der Waals surface area contributed by atoms with Crippen LogP contribution in [0.1, 0.15) is 5.56 Å². The van der Waals surface area contributed by atoms with E-state index in [4.69, 9.17) is 9.47 Å². The van der Waals surface area contributed by atoms with Gasteiger partial charge in [0, 0.05) is 5.92 Å². The maximum absolute atomic E-state index is 13.2. The summed E-state index contributed by atoms with van der Waals surface area (Å²) >= 11 is 0. The summed E-state index contributed by atoms with van der Waals surface area (Å²) < 4.78 is 23.6. The molecule has 0 N–H and O–H groups in total. The molecule has 0 aromatic heterocycles. The lowest BCUT2D eigenvalue weighted by Crippen LogP contribution is -2.32. The molecule has 2 rings (SSSR count). The first-order valence-electron chi connectivity index (χ1n) is 4.72. The summed E-state index contributed by atoms with van der Waals surface area (Å²) in [5, 5.41) is 0. The van der Waals surface area contributed by atoms with E-state index in [1.807, 2.05) is 6.92 Å². The van der Waals surface area contributed by atoms with E-state index < -0.39 is 0 Å². The highest BCUT2D eigenvalue weighted by Gasteiger charge is 2.19. The molecule has 0 aliphatic carbocycles. The molecule has 0 spiro atoms. The molecule has 1 aliphatic heterocycles. The Morgan fingerprint density at radius 1 is 1.50 bits per heavy atom. The zero-order valence-electron chi connectivity index (χ0n) is 8.13. The van der Waals surface area contributed by atoms with Crippen LogP contribution < -0.4 is 4.74 Å². The first kappa shape index (κ1) is 9.46. The molecule has 0 unspecified atom stereocenters. The standard InChI is InChI=1S/C11H13FO2/c1-8-2-3-10(12)11(4-8)14-7-9-5-13-6-9/h2-4,9H,5-7H2,1H3. The second kappa shape index (κ2) is 3.96. The molecular weight excluding hydrogens is 183 g/mol. The number of halogens is 1. The SMILES string of the molecule is Cc1ccc(F)c(OCC2COC2)c1. The third-order valence-electron chi connectivity index (χ3n) is 2.27. The highest BCUT2D eigenvalue weighted by Crippen LogP contribution is 2.20. The molecule has 0 saturated carbocycles. The van der Waals surface area contributed by atoms with E-state index in [0.29, 0.717) is 18.3 Å². The predicted molar refractivity (Wildman–Crippen MR) is 50.9 cm³/mol. The summed E-state index contributed by atoms with van der Waals surface area (Å²) in [4.78, 5) is 0. The van der Waals surface area contributed by atoms with Crippen molar-refractivity contribution < 1.29 is 13.9 Å². The van der Waals surface area contributed by atoms with Crippen LogP contribution >= 0.6 is 0 Å². The van der Waals surface area contributed by atoms with Gasteiger partial charge < -0.3 is 9.47 Å². The summed E-state index contributed by atoms with van der Waals surface area (Å²) in [7, 11) is 0. The molecule has 1 saturated heterocycles. The van der Waals surface area contributed by atoms with Gasteiger partial charge in [-0.3, -0.25) is 0 Å². The second-order valence-corrected chi connectivity index (χ2v) is 3.65. The fourth-order valence-electron chi connectivity index (χ4n) is 1.31. The van der Waals surface area contributed by atoms with Gasteiger partial charge in [-0.15, -0.1) is 0 Å². The van der Waals surface area contributed by atoms with Crippen molar-refractivity contribution in [2.24, 2.45) is 5.92 Å². The van der Waals surface area contributed by atoms with Gasteiger partial charge in [-0.25, -0.2) is 4.39 Å². The first-order valence-corrected chi connectivity index (χ1v) is 4.72. The van der Waals surface area contributed by atoms with E-state index in [1.54, 1.807) is 12.1 Å². The van der Waals surface area contributed by atoms with Crippen molar-refractivity contribution in [2.45, 2.75) is 6.92 Å². The molecule has 1 fully saturated rings. The lowest BCUT2D eigenvalue weighted by molar-refractivity contribution is -0.0513. The predicted octanol–water partition coefficient (Wildman–Crippen LogP) is 2.16. The fraction of sp³-hybridized carbons (Fsp3) is 0.455. The van der Waals surface area contributed by atoms with Crippen LogP contribution in [0.3, 0.4) is 0 Å². The smallest absolute Gasteiger partial charge is 0.165 e. The van der Waals surface area contributed by atoms with Crippen molar-refractivity contribution in [1.29, 1.82) is 0 Å². The first-order chi connectivity index (χ1) is 6.75. The number of hydrogen-bond acceptors (Lipinski definition) is 2. The molecule has 1 aromatic rings. The minimum absolute atomic E-state index is 0.296. The van der Waals surface area contributed by atoms with Gasteiger partial charge in [0.25, 0.3) is 0 Å². The number of hydrogen-bond donors (Lipinski definition) is 0. The van der Waals surface area contributed by atoms with E-state index >= 15 is 0 Å². The molecule has 1 aromatic carbocycles. The topological polar surface area (TPSA) is 18.5 Å². The van der Waals surface area contributed by atoms with E-state index in [0.717, 1.165) is 18.8 Å². The molecule has 76 valence electrons. The van der Waals surface area contributed by atoms with Crippen LogP contribution in [0.25, 0.3) is 0 Å². The molecule has 2 nitrogen and oxygen atoms in total. The number of aryl methyl sites for hydroxylation is 1. The Labute approximate surface area is 82.6 Å². The molecule has 14 heavy (non-hydrogen) atoms. The van der Waals surface area contributed by atoms with Crippen molar-refractivity contribution in [2.75, 3.05) is 19.8 Å². The van der Waals surface area contributed by atoms with E-state index in [2.05, 4.69) is 0 Å². The van der Waals surface area contributed by atoms with Gasteiger partial charge in [0.2, 0.25) is 0 Å². The average Bonchev–Trinajstić information content (AvgIpc) is 2.08. The largest absolute Gasteiger partial charge is 0.490 e. The Balaban J connectivity index is 1.96. The third-order valence-corrected chi connectivity index (χ3v) is 2.27. The van der Waals surface area contributed by atoms with Crippen LogP contribution in [0, 0.1) is 18.7 Å². The summed E-state index contributed by atoms with van der Waals surface area (Å²) in [6.45, 7) is 3.92. The lowest BCUT2D eigenvalue weighted by atomic mass is 10.1. The zero-order valence-corrected chi connectivity index (χ0v) is 8.13. The number of rotatable bonds is 3. The monoisotopic (exact) mass is 196 g/mol. The van der Waals surface area contributed by atoms with Gasteiger partial charge in [0.15, 0.2) is 11.6 Å². The van der Waals surface area contributed by atoms with Crippen LogP contribution in [0.5, 0.6) is 5.75 Å². The van der Waals surface area contributed by atoms with Crippen LogP contribution in [0.15, 0.2) is 18.2 Å². The summed E-state index contributed by atoms with van der Waals surface area (Å²) in [5.74, 6) is 0.475. The van der Waals surface area contributed by atoms with E-state index in [-0.39, 0.29) is 5.82 Å². The minimum Gasteiger partial charge on any atom is -0.490 e. The summed E-state index contributed by atoms with van der Waals surface area (Å²) in [5.41, 5.74) is 1.01. The highest BCUT2D eigenvalue weighted by atomic mass is 19.1. The van der Waals surface area contributed by atoms with Gasteiger partial charge in [-0.05, 0) is 24.6 Å². The minimum atomic E-state index is -0.296. The molecule has 3 heteroatoms. The Morgan fingerprint density at radius 2 is 2.29 bits per heavy atom. The van der Waals surface area contributed by atoms with E-state index in [9.17, 15) is 4.39 Å². The van der Waals surface area contributed by atoms with Crippen LogP contribution in [-0.2, 0) is 4.74 Å². The Kier molecular flexibility index (Phi) is 2.68. The van der Waals surface area contributed by atoms with Crippen molar-refractivity contribution in [3.05, 3.63) is 29.6 Å². The number of benzene rings is 1. The van der Waals surface area contributed by atoms with E-state index in [1.165, 1.54) is 6.07 Å². The van der Waals surface area contributed by atoms with Crippen LogP contribution in [-0.4, -0.2) is 19.8 Å². The zero-order chi connectivity index (χ0) is 9.97. The second-order valence-electron chi connectivity index (χ2n) is 3.65. The van der Waals surface area contributed by atoms with Crippen LogP contribution in [0.2, 0.25) is 0 Å². The average molecular weight is 196 g/mol. The maximum atomic E-state index is 13.2. The third kappa shape index (κ3) is 2.04. The van der Waals surface area contributed by atoms with Crippen molar-refractivity contribution in [3.8, 4) is 5.75 Å².